The van der Waals surface area contributed by atoms with Gasteiger partial charge in [-0.1, -0.05) is 0 Å². The highest BCUT2D eigenvalue weighted by Crippen LogP contribution is 2.37. The van der Waals surface area contributed by atoms with E-state index in [1.54, 1.807) is 0 Å². The fourth-order valence-electron chi connectivity index (χ4n) is 2.43. The summed E-state index contributed by atoms with van der Waals surface area (Å²) in [6.45, 7) is 2.15. The number of carbonyl (C=O) groups excluding carboxylic acids is 2. The number of hydrogen-bond acceptors (Lipinski definition) is 7. The van der Waals surface area contributed by atoms with E-state index in [-0.39, 0.29) is 11.7 Å². The second-order valence-electron chi connectivity index (χ2n) is 6.76. The normalized spacial score (nSPS) is 14.1. The van der Waals surface area contributed by atoms with Crippen LogP contribution in [0.4, 0.5) is 30.2 Å². The molecule has 2 aromatic rings. The van der Waals surface area contributed by atoms with Crippen molar-refractivity contribution in [2.75, 3.05) is 10.6 Å². The molecule has 0 aliphatic carbocycles. The molecular weight excluding hydrogens is 439 g/mol. The molecule has 2 atom stereocenters. The van der Waals surface area contributed by atoms with Gasteiger partial charge in [-0.15, -0.1) is 0 Å². The molecule has 0 aliphatic heterocycles. The largest absolute Gasteiger partial charge is 0.461 e. The molecule has 0 aliphatic rings. The molecule has 4 N–H and O–H groups in total. The number of aliphatic hydroxyl groups is 2. The molecule has 0 fully saturated rings. The monoisotopic (exact) mass is 457 g/mol. The first-order valence-electron chi connectivity index (χ1n) is 8.83. The van der Waals surface area contributed by atoms with Gasteiger partial charge in [0.1, 0.15) is 11.3 Å². The zero-order valence-corrected chi connectivity index (χ0v) is 16.6. The van der Waals surface area contributed by atoms with Crippen LogP contribution in [0.15, 0.2) is 42.5 Å². The standard InChI is InChI=1S/C19H18F3N3O7/c1-10(26)23-11-3-6-13(7-4-11)32-17(28)18(2,29)16(27)24-12-5-8-15(25(30)31)14(9-12)19(20,21)22/h3-9,17,28-29H,1-2H3,(H,23,26)(H,24,27)/t17?,18-/m1/s1. The molecule has 2 aromatic carbocycles. The summed E-state index contributed by atoms with van der Waals surface area (Å²) in [6, 6.07) is 7.23. The van der Waals surface area contributed by atoms with Gasteiger partial charge < -0.3 is 25.6 Å². The Bertz CT molecular complexity index is 1020. The summed E-state index contributed by atoms with van der Waals surface area (Å²) in [5, 5.41) is 35.7. The third kappa shape index (κ3) is 5.92. The lowest BCUT2D eigenvalue weighted by molar-refractivity contribution is -0.388. The molecule has 0 saturated carbocycles. The predicted octanol–water partition coefficient (Wildman–Crippen LogP) is 2.66. The number of nitrogens with zero attached hydrogens (tertiary/aromatic N) is 1. The summed E-state index contributed by atoms with van der Waals surface area (Å²) in [5.41, 5.74) is -5.52. The van der Waals surface area contributed by atoms with Gasteiger partial charge in [0, 0.05) is 24.4 Å². The lowest BCUT2D eigenvalue weighted by Gasteiger charge is -2.28. The third-order valence-electron chi connectivity index (χ3n) is 4.12. The lowest BCUT2D eigenvalue weighted by Crippen LogP contribution is -2.52. The zero-order valence-electron chi connectivity index (χ0n) is 16.6. The summed E-state index contributed by atoms with van der Waals surface area (Å²) in [7, 11) is 0. The Morgan fingerprint density at radius 2 is 1.66 bits per heavy atom. The number of amides is 2. The van der Waals surface area contributed by atoms with Crippen LogP contribution in [-0.2, 0) is 15.8 Å². The number of halogens is 3. The quantitative estimate of drug-likeness (QED) is 0.283. The van der Waals surface area contributed by atoms with Crippen LogP contribution in [0.5, 0.6) is 5.75 Å². The topological polar surface area (TPSA) is 151 Å². The van der Waals surface area contributed by atoms with Crippen LogP contribution in [0.1, 0.15) is 19.4 Å². The van der Waals surface area contributed by atoms with E-state index < -0.39 is 45.8 Å². The second kappa shape index (κ2) is 9.20. The fraction of sp³-hybridized carbons (Fsp3) is 0.263. The molecule has 172 valence electrons. The van der Waals surface area contributed by atoms with Gasteiger partial charge in [0.05, 0.1) is 4.92 Å². The number of aliphatic hydroxyl groups excluding tert-OH is 1. The highest BCUT2D eigenvalue weighted by atomic mass is 19.4. The molecule has 0 heterocycles. The van der Waals surface area contributed by atoms with Crippen LogP contribution < -0.4 is 15.4 Å². The molecule has 0 spiro atoms. The van der Waals surface area contributed by atoms with E-state index in [0.717, 1.165) is 13.0 Å². The maximum absolute atomic E-state index is 13.1. The van der Waals surface area contributed by atoms with Crippen molar-refractivity contribution in [1.29, 1.82) is 0 Å². The minimum Gasteiger partial charge on any atom is -0.461 e. The Labute approximate surface area is 178 Å². The van der Waals surface area contributed by atoms with Crippen LogP contribution in [0, 0.1) is 10.1 Å². The van der Waals surface area contributed by atoms with Gasteiger partial charge in [-0.3, -0.25) is 19.7 Å². The van der Waals surface area contributed by atoms with E-state index >= 15 is 0 Å². The summed E-state index contributed by atoms with van der Waals surface area (Å²) >= 11 is 0. The maximum Gasteiger partial charge on any atom is 0.423 e. The van der Waals surface area contributed by atoms with Crippen LogP contribution in [0.3, 0.4) is 0 Å². The first kappa shape index (κ1) is 24.6. The van der Waals surface area contributed by atoms with E-state index in [4.69, 9.17) is 4.74 Å². The van der Waals surface area contributed by atoms with Crippen molar-refractivity contribution in [3.63, 3.8) is 0 Å². The first-order valence-corrected chi connectivity index (χ1v) is 8.83. The highest BCUT2D eigenvalue weighted by molar-refractivity contribution is 5.97. The van der Waals surface area contributed by atoms with Gasteiger partial charge in [0.15, 0.2) is 0 Å². The number of ether oxygens (including phenoxy) is 1. The number of anilines is 2. The summed E-state index contributed by atoms with van der Waals surface area (Å²) in [5.74, 6) is -1.64. The van der Waals surface area contributed by atoms with Crippen LogP contribution in [-0.4, -0.2) is 38.8 Å². The van der Waals surface area contributed by atoms with E-state index in [0.29, 0.717) is 17.8 Å². The fourth-order valence-corrected chi connectivity index (χ4v) is 2.43. The molecule has 32 heavy (non-hydrogen) atoms. The SMILES string of the molecule is CC(=O)Nc1ccc(OC(O)[C@](C)(O)C(=O)Nc2ccc([N+](=O)[O-])c(C(F)(F)F)c2)cc1. The molecule has 10 nitrogen and oxygen atoms in total. The average molecular weight is 457 g/mol. The van der Waals surface area contributed by atoms with Crippen molar-refractivity contribution in [2.45, 2.75) is 31.9 Å². The van der Waals surface area contributed by atoms with Crippen molar-refractivity contribution in [3.8, 4) is 5.75 Å². The van der Waals surface area contributed by atoms with Crippen LogP contribution in [0.2, 0.25) is 0 Å². The van der Waals surface area contributed by atoms with Gasteiger partial charge in [0.2, 0.25) is 17.8 Å². The molecule has 13 heteroatoms. The smallest absolute Gasteiger partial charge is 0.423 e. The number of carbonyl (C=O) groups is 2. The van der Waals surface area contributed by atoms with E-state index in [1.165, 1.54) is 31.2 Å². The molecule has 0 aromatic heterocycles. The third-order valence-corrected chi connectivity index (χ3v) is 4.12. The highest BCUT2D eigenvalue weighted by Gasteiger charge is 2.42. The van der Waals surface area contributed by atoms with Gasteiger partial charge in [-0.25, -0.2) is 0 Å². The van der Waals surface area contributed by atoms with Gasteiger partial charge in [-0.2, -0.15) is 13.2 Å². The van der Waals surface area contributed by atoms with Crippen molar-refractivity contribution < 1.29 is 42.6 Å². The number of benzene rings is 2. The molecule has 0 radical (unpaired) electrons. The lowest BCUT2D eigenvalue weighted by atomic mass is 10.0. The Morgan fingerprint density at radius 1 is 1.09 bits per heavy atom. The van der Waals surface area contributed by atoms with Crippen molar-refractivity contribution in [3.05, 3.63) is 58.1 Å². The van der Waals surface area contributed by atoms with E-state index in [1.807, 2.05) is 5.32 Å². The number of nitro benzene ring substituents is 1. The average Bonchev–Trinajstić information content (AvgIpc) is 2.68. The second-order valence-corrected chi connectivity index (χ2v) is 6.76. The van der Waals surface area contributed by atoms with Crippen molar-refractivity contribution >= 4 is 28.9 Å². The van der Waals surface area contributed by atoms with Gasteiger partial charge in [0.25, 0.3) is 11.6 Å². The van der Waals surface area contributed by atoms with Gasteiger partial charge >= 0.3 is 6.18 Å². The van der Waals surface area contributed by atoms with E-state index in [2.05, 4.69) is 5.32 Å². The molecule has 0 bridgehead atoms. The maximum atomic E-state index is 13.1. The molecule has 2 amide bonds. The summed E-state index contributed by atoms with van der Waals surface area (Å²) < 4.78 is 44.3. The number of nitro groups is 1. The molecule has 1 unspecified atom stereocenters. The number of nitrogens with one attached hydrogen (secondary N) is 2. The van der Waals surface area contributed by atoms with Crippen molar-refractivity contribution in [1.82, 2.24) is 0 Å². The Balaban J connectivity index is 2.16. The minimum absolute atomic E-state index is 0.00868. The van der Waals surface area contributed by atoms with Crippen molar-refractivity contribution in [2.24, 2.45) is 0 Å². The Morgan fingerprint density at radius 3 is 2.16 bits per heavy atom. The van der Waals surface area contributed by atoms with Gasteiger partial charge in [-0.05, 0) is 43.3 Å². The molecule has 0 saturated heterocycles. The first-order chi connectivity index (χ1) is 14.7. The zero-order chi connectivity index (χ0) is 24.3. The van der Waals surface area contributed by atoms with Crippen LogP contribution >= 0.6 is 0 Å². The summed E-state index contributed by atoms with van der Waals surface area (Å²) in [4.78, 5) is 32.9. The van der Waals surface area contributed by atoms with E-state index in [9.17, 15) is 43.1 Å². The molecule has 2 rings (SSSR count). The van der Waals surface area contributed by atoms with Crippen LogP contribution in [0.25, 0.3) is 0 Å². The Hall–Kier alpha value is -3.71. The minimum atomic E-state index is -5.07. The predicted molar refractivity (Wildman–Crippen MR) is 105 cm³/mol. The molecular formula is C19H18F3N3O7. The Kier molecular flexibility index (Phi) is 7.06. The number of hydrogen-bond donors (Lipinski definition) is 4. The number of alkyl halides is 3. The number of rotatable bonds is 7. The summed E-state index contributed by atoms with van der Waals surface area (Å²) in [6.07, 6.45) is -7.22.